The normalized spacial score (nSPS) is 13.6. The van der Waals surface area contributed by atoms with Gasteiger partial charge in [-0.3, -0.25) is 0 Å². The molecule has 0 fully saturated rings. The van der Waals surface area contributed by atoms with E-state index in [-0.39, 0.29) is 5.54 Å². The molecule has 1 atom stereocenters. The molecule has 0 aliphatic carbocycles. The average molecular weight is 280 g/mol. The van der Waals surface area contributed by atoms with E-state index in [0.717, 1.165) is 5.75 Å². The van der Waals surface area contributed by atoms with Crippen LogP contribution in [0.4, 0.5) is 0 Å². The number of aliphatic hydroxyl groups excluding tert-OH is 1. The molecule has 0 aromatic heterocycles. The third-order valence-electron chi connectivity index (χ3n) is 3.31. The summed E-state index contributed by atoms with van der Waals surface area (Å²) < 4.78 is 5.68. The first-order chi connectivity index (χ1) is 9.19. The van der Waals surface area contributed by atoms with Gasteiger partial charge in [-0.25, -0.2) is 0 Å². The van der Waals surface area contributed by atoms with Crippen molar-refractivity contribution in [2.24, 2.45) is 0 Å². The lowest BCUT2D eigenvalue weighted by Crippen LogP contribution is -2.96. The maximum Gasteiger partial charge on any atom is 0.137 e. The summed E-state index contributed by atoms with van der Waals surface area (Å²) in [6.45, 7) is 13.9. The van der Waals surface area contributed by atoms with Gasteiger partial charge in [0.25, 0.3) is 0 Å². The Labute approximate surface area is 123 Å². The predicted octanol–water partition coefficient (Wildman–Crippen LogP) is 2.22. The van der Waals surface area contributed by atoms with Crippen LogP contribution in [0.1, 0.15) is 51.7 Å². The SMILES string of the molecule is Cc1cc(OC[C@@H](O)C[NH2+]C(C)(C)C)ccc1C(C)C. The van der Waals surface area contributed by atoms with E-state index in [1.54, 1.807) is 0 Å². The Morgan fingerprint density at radius 1 is 1.25 bits per heavy atom. The summed E-state index contributed by atoms with van der Waals surface area (Å²) in [6.07, 6.45) is -0.445. The smallest absolute Gasteiger partial charge is 0.137 e. The minimum Gasteiger partial charge on any atom is -0.491 e. The molecule has 0 unspecified atom stereocenters. The van der Waals surface area contributed by atoms with E-state index >= 15 is 0 Å². The fraction of sp³-hybridized carbons (Fsp3) is 0.647. The van der Waals surface area contributed by atoms with Crippen LogP contribution in [-0.4, -0.2) is 29.9 Å². The van der Waals surface area contributed by atoms with Crippen molar-refractivity contribution in [2.75, 3.05) is 13.2 Å². The second-order valence-electron chi connectivity index (χ2n) is 6.94. The average Bonchev–Trinajstić information content (AvgIpc) is 2.32. The van der Waals surface area contributed by atoms with Gasteiger partial charge in [-0.15, -0.1) is 0 Å². The number of hydrogen-bond donors (Lipinski definition) is 2. The highest BCUT2D eigenvalue weighted by atomic mass is 16.5. The van der Waals surface area contributed by atoms with Crippen molar-refractivity contribution >= 4 is 0 Å². The number of quaternary nitrogens is 1. The van der Waals surface area contributed by atoms with Gasteiger partial charge in [-0.05, 0) is 56.9 Å². The minimum atomic E-state index is -0.445. The lowest BCUT2D eigenvalue weighted by atomic mass is 9.98. The zero-order chi connectivity index (χ0) is 15.3. The second-order valence-corrected chi connectivity index (χ2v) is 6.94. The zero-order valence-corrected chi connectivity index (χ0v) is 13.7. The molecule has 0 saturated heterocycles. The molecule has 1 aromatic carbocycles. The molecule has 0 amide bonds. The summed E-state index contributed by atoms with van der Waals surface area (Å²) in [5, 5.41) is 12.1. The maximum absolute atomic E-state index is 9.93. The van der Waals surface area contributed by atoms with Crippen LogP contribution in [-0.2, 0) is 0 Å². The van der Waals surface area contributed by atoms with Crippen LogP contribution in [0.25, 0.3) is 0 Å². The number of hydrogen-bond acceptors (Lipinski definition) is 2. The summed E-state index contributed by atoms with van der Waals surface area (Å²) in [5.41, 5.74) is 2.73. The lowest BCUT2D eigenvalue weighted by molar-refractivity contribution is -0.722. The van der Waals surface area contributed by atoms with Crippen LogP contribution in [0.2, 0.25) is 0 Å². The summed E-state index contributed by atoms with van der Waals surface area (Å²) in [7, 11) is 0. The number of benzene rings is 1. The summed E-state index contributed by atoms with van der Waals surface area (Å²) in [6, 6.07) is 6.15. The molecule has 0 bridgehead atoms. The fourth-order valence-corrected chi connectivity index (χ4v) is 2.14. The number of ether oxygens (including phenoxy) is 1. The van der Waals surface area contributed by atoms with E-state index in [4.69, 9.17) is 4.74 Å². The molecular weight excluding hydrogens is 250 g/mol. The third kappa shape index (κ3) is 5.93. The van der Waals surface area contributed by atoms with E-state index in [1.807, 2.05) is 6.07 Å². The number of aryl methyl sites for hydroxylation is 1. The predicted molar refractivity (Wildman–Crippen MR) is 83.3 cm³/mol. The number of nitrogens with two attached hydrogens (primary N) is 1. The Hall–Kier alpha value is -1.06. The van der Waals surface area contributed by atoms with Crippen molar-refractivity contribution in [3.63, 3.8) is 0 Å². The number of aliphatic hydroxyl groups is 1. The van der Waals surface area contributed by atoms with Gasteiger partial charge in [-0.2, -0.15) is 0 Å². The van der Waals surface area contributed by atoms with E-state index in [9.17, 15) is 5.11 Å². The number of rotatable bonds is 6. The van der Waals surface area contributed by atoms with Gasteiger partial charge in [0.05, 0.1) is 5.54 Å². The Bertz CT molecular complexity index is 421. The van der Waals surface area contributed by atoms with E-state index in [1.165, 1.54) is 11.1 Å². The third-order valence-corrected chi connectivity index (χ3v) is 3.31. The lowest BCUT2D eigenvalue weighted by Gasteiger charge is -2.20. The molecule has 3 N–H and O–H groups in total. The van der Waals surface area contributed by atoms with Crippen molar-refractivity contribution in [1.82, 2.24) is 0 Å². The quantitative estimate of drug-likeness (QED) is 0.839. The first-order valence-electron chi connectivity index (χ1n) is 7.45. The largest absolute Gasteiger partial charge is 0.491 e. The molecule has 1 aromatic rings. The molecule has 0 saturated carbocycles. The molecule has 20 heavy (non-hydrogen) atoms. The van der Waals surface area contributed by atoms with E-state index < -0.39 is 6.10 Å². The molecule has 3 nitrogen and oxygen atoms in total. The first-order valence-corrected chi connectivity index (χ1v) is 7.45. The van der Waals surface area contributed by atoms with Crippen molar-refractivity contribution in [1.29, 1.82) is 0 Å². The zero-order valence-electron chi connectivity index (χ0n) is 13.7. The molecule has 0 heterocycles. The van der Waals surface area contributed by atoms with Crippen LogP contribution < -0.4 is 10.1 Å². The summed E-state index contributed by atoms with van der Waals surface area (Å²) in [4.78, 5) is 0. The van der Waals surface area contributed by atoms with E-state index in [2.05, 4.69) is 59.0 Å². The molecular formula is C17H30NO2+. The fourth-order valence-electron chi connectivity index (χ4n) is 2.14. The molecule has 0 aliphatic heterocycles. The Morgan fingerprint density at radius 3 is 2.40 bits per heavy atom. The highest BCUT2D eigenvalue weighted by molar-refractivity contribution is 5.36. The second kappa shape index (κ2) is 7.09. The van der Waals surface area contributed by atoms with Gasteiger partial charge in [0.15, 0.2) is 0 Å². The van der Waals surface area contributed by atoms with Gasteiger partial charge < -0.3 is 15.2 Å². The molecule has 3 heteroatoms. The summed E-state index contributed by atoms with van der Waals surface area (Å²) >= 11 is 0. The topological polar surface area (TPSA) is 46.1 Å². The van der Waals surface area contributed by atoms with Gasteiger partial charge >= 0.3 is 0 Å². The van der Waals surface area contributed by atoms with Crippen LogP contribution in [0, 0.1) is 6.92 Å². The molecule has 0 aliphatic rings. The summed E-state index contributed by atoms with van der Waals surface area (Å²) in [5.74, 6) is 1.36. The Balaban J connectivity index is 2.48. The van der Waals surface area contributed by atoms with Gasteiger partial charge in [0.2, 0.25) is 0 Å². The monoisotopic (exact) mass is 280 g/mol. The highest BCUT2D eigenvalue weighted by Gasteiger charge is 2.16. The van der Waals surface area contributed by atoms with Crippen LogP contribution in [0.15, 0.2) is 18.2 Å². The Morgan fingerprint density at radius 2 is 1.90 bits per heavy atom. The molecule has 0 spiro atoms. The molecule has 0 radical (unpaired) electrons. The van der Waals surface area contributed by atoms with Gasteiger partial charge in [0.1, 0.15) is 25.0 Å². The van der Waals surface area contributed by atoms with Crippen molar-refractivity contribution in [3.05, 3.63) is 29.3 Å². The van der Waals surface area contributed by atoms with Crippen LogP contribution in [0.3, 0.4) is 0 Å². The minimum absolute atomic E-state index is 0.135. The first kappa shape index (κ1) is 17.0. The van der Waals surface area contributed by atoms with Crippen molar-refractivity contribution in [2.45, 2.75) is 59.1 Å². The maximum atomic E-state index is 9.93. The highest BCUT2D eigenvalue weighted by Crippen LogP contribution is 2.23. The van der Waals surface area contributed by atoms with Crippen molar-refractivity contribution in [3.8, 4) is 5.75 Å². The Kier molecular flexibility index (Phi) is 6.03. The standard InChI is InChI=1S/C17H29NO2/c1-12(2)16-8-7-15(9-13(16)3)20-11-14(19)10-18-17(4,5)6/h7-9,12,14,18-19H,10-11H2,1-6H3/p+1/t14-/m0/s1. The van der Waals surface area contributed by atoms with Gasteiger partial charge in [-0.1, -0.05) is 19.9 Å². The molecule has 114 valence electrons. The van der Waals surface area contributed by atoms with Gasteiger partial charge in [0, 0.05) is 0 Å². The van der Waals surface area contributed by atoms with E-state index in [0.29, 0.717) is 19.1 Å². The van der Waals surface area contributed by atoms with Crippen LogP contribution >= 0.6 is 0 Å². The molecule has 1 rings (SSSR count). The van der Waals surface area contributed by atoms with Crippen molar-refractivity contribution < 1.29 is 15.2 Å². The van der Waals surface area contributed by atoms with Crippen LogP contribution in [0.5, 0.6) is 5.75 Å².